The zero-order valence-corrected chi connectivity index (χ0v) is 20.7. The first-order valence-corrected chi connectivity index (χ1v) is 12.9. The van der Waals surface area contributed by atoms with E-state index in [4.69, 9.17) is 0 Å². The van der Waals surface area contributed by atoms with Crippen LogP contribution in [0.5, 0.6) is 0 Å². The van der Waals surface area contributed by atoms with E-state index < -0.39 is 38.4 Å². The van der Waals surface area contributed by atoms with Gasteiger partial charge in [-0.25, -0.2) is 31.6 Å². The van der Waals surface area contributed by atoms with Gasteiger partial charge in [-0.2, -0.15) is 0 Å². The molecule has 1 fully saturated rings. The molecule has 0 spiro atoms. The number of anilines is 1. The predicted molar refractivity (Wildman–Crippen MR) is 128 cm³/mol. The van der Waals surface area contributed by atoms with Gasteiger partial charge in [0.05, 0.1) is 27.5 Å². The summed E-state index contributed by atoms with van der Waals surface area (Å²) in [5.74, 6) is -0.968. The largest absolute Gasteiger partial charge is 0.363 e. The fourth-order valence-corrected chi connectivity index (χ4v) is 6.32. The van der Waals surface area contributed by atoms with Crippen LogP contribution < -0.4 is 10.9 Å². The van der Waals surface area contributed by atoms with Crippen molar-refractivity contribution in [2.75, 3.05) is 11.1 Å². The lowest BCUT2D eigenvalue weighted by molar-refractivity contribution is 0.146. The molecule has 1 aliphatic rings. The molecular weight excluding hydrogens is 481 g/mol. The van der Waals surface area contributed by atoms with Gasteiger partial charge >= 0.3 is 0 Å². The van der Waals surface area contributed by atoms with Gasteiger partial charge in [0.1, 0.15) is 23.6 Å². The van der Waals surface area contributed by atoms with E-state index in [0.29, 0.717) is 35.3 Å². The van der Waals surface area contributed by atoms with Gasteiger partial charge in [0, 0.05) is 18.2 Å². The SMILES string of the molecule is C[C@@H](Nc1ncnc2c1cc(C1CCS(=O)(=O)C(C)(C)C1)c(=O)n2C)c1cccc(C(F)F)c1F. The number of aromatic nitrogens is 3. The van der Waals surface area contributed by atoms with Crippen molar-refractivity contribution in [3.63, 3.8) is 0 Å². The summed E-state index contributed by atoms with van der Waals surface area (Å²) in [5.41, 5.74) is -0.0969. The third-order valence-electron chi connectivity index (χ3n) is 6.90. The van der Waals surface area contributed by atoms with Crippen molar-refractivity contribution in [1.82, 2.24) is 14.5 Å². The Bertz CT molecular complexity index is 1450. The van der Waals surface area contributed by atoms with Gasteiger partial charge < -0.3 is 5.32 Å². The number of aryl methyl sites for hydroxylation is 1. The lowest BCUT2D eigenvalue weighted by Gasteiger charge is -2.35. The van der Waals surface area contributed by atoms with E-state index in [1.165, 1.54) is 23.0 Å². The number of alkyl halides is 2. The summed E-state index contributed by atoms with van der Waals surface area (Å²) in [4.78, 5) is 21.6. The highest BCUT2D eigenvalue weighted by molar-refractivity contribution is 7.92. The summed E-state index contributed by atoms with van der Waals surface area (Å²) < 4.78 is 66.4. The highest BCUT2D eigenvalue weighted by Crippen LogP contribution is 2.39. The Morgan fingerprint density at radius 3 is 2.54 bits per heavy atom. The lowest BCUT2D eigenvalue weighted by atomic mass is 9.87. The molecule has 0 radical (unpaired) electrons. The number of fused-ring (bicyclic) bond motifs is 1. The molecule has 1 aliphatic heterocycles. The van der Waals surface area contributed by atoms with Gasteiger partial charge in [-0.15, -0.1) is 0 Å². The van der Waals surface area contributed by atoms with Crippen molar-refractivity contribution in [2.24, 2.45) is 7.05 Å². The van der Waals surface area contributed by atoms with Crippen LogP contribution in [0.4, 0.5) is 19.0 Å². The molecule has 7 nitrogen and oxygen atoms in total. The number of nitrogens with one attached hydrogen (secondary N) is 1. The van der Waals surface area contributed by atoms with Crippen LogP contribution in [0.15, 0.2) is 35.4 Å². The first-order chi connectivity index (χ1) is 16.3. The summed E-state index contributed by atoms with van der Waals surface area (Å²) in [5, 5.41) is 3.56. The molecule has 2 aromatic heterocycles. The van der Waals surface area contributed by atoms with E-state index in [0.717, 1.165) is 6.07 Å². The number of rotatable bonds is 5. The monoisotopic (exact) mass is 508 g/mol. The Morgan fingerprint density at radius 1 is 1.20 bits per heavy atom. The van der Waals surface area contributed by atoms with Crippen LogP contribution in [-0.4, -0.2) is 33.5 Å². The summed E-state index contributed by atoms with van der Waals surface area (Å²) in [7, 11) is -1.70. The van der Waals surface area contributed by atoms with E-state index in [9.17, 15) is 26.4 Å². The Hall–Kier alpha value is -2.95. The van der Waals surface area contributed by atoms with E-state index in [-0.39, 0.29) is 22.8 Å². The molecule has 1 N–H and O–H groups in total. The van der Waals surface area contributed by atoms with Crippen molar-refractivity contribution >= 4 is 26.7 Å². The normalized spacial score (nSPS) is 20.2. The van der Waals surface area contributed by atoms with Crippen molar-refractivity contribution in [1.29, 1.82) is 0 Å². The molecule has 188 valence electrons. The van der Waals surface area contributed by atoms with Crippen molar-refractivity contribution in [3.05, 3.63) is 63.5 Å². The molecule has 1 aromatic carbocycles. The minimum atomic E-state index is -3.27. The fourth-order valence-electron chi connectivity index (χ4n) is 4.72. The molecule has 0 bridgehead atoms. The average molecular weight is 509 g/mol. The quantitative estimate of drug-likeness (QED) is 0.539. The van der Waals surface area contributed by atoms with E-state index in [2.05, 4.69) is 15.3 Å². The molecule has 0 amide bonds. The molecule has 4 rings (SSSR count). The van der Waals surface area contributed by atoms with Gasteiger partial charge in [-0.3, -0.25) is 9.36 Å². The van der Waals surface area contributed by atoms with Gasteiger partial charge in [-0.1, -0.05) is 18.2 Å². The Morgan fingerprint density at radius 2 is 1.89 bits per heavy atom. The number of benzene rings is 1. The van der Waals surface area contributed by atoms with Gasteiger partial charge in [0.15, 0.2) is 9.84 Å². The zero-order chi connectivity index (χ0) is 25.7. The maximum absolute atomic E-state index is 14.7. The molecule has 1 unspecified atom stereocenters. The van der Waals surface area contributed by atoms with Crippen LogP contribution in [-0.2, 0) is 16.9 Å². The second-order valence-electron chi connectivity index (χ2n) is 9.61. The maximum atomic E-state index is 14.7. The molecule has 11 heteroatoms. The Kier molecular flexibility index (Phi) is 6.41. The van der Waals surface area contributed by atoms with Crippen LogP contribution in [0.25, 0.3) is 11.0 Å². The molecular formula is C24H27F3N4O3S. The van der Waals surface area contributed by atoms with E-state index in [1.807, 2.05) is 0 Å². The third kappa shape index (κ3) is 4.41. The number of hydrogen-bond acceptors (Lipinski definition) is 6. The van der Waals surface area contributed by atoms with Crippen LogP contribution in [0.1, 0.15) is 68.7 Å². The smallest absolute Gasteiger partial charge is 0.266 e. The van der Waals surface area contributed by atoms with E-state index >= 15 is 0 Å². The minimum absolute atomic E-state index is 0.0148. The molecule has 1 saturated heterocycles. The van der Waals surface area contributed by atoms with Gasteiger partial charge in [-0.05, 0) is 45.6 Å². The maximum Gasteiger partial charge on any atom is 0.266 e. The number of sulfone groups is 1. The molecule has 35 heavy (non-hydrogen) atoms. The van der Waals surface area contributed by atoms with Crippen LogP contribution >= 0.6 is 0 Å². The first kappa shape index (κ1) is 25.2. The second kappa shape index (κ2) is 8.92. The molecule has 2 atom stereocenters. The average Bonchev–Trinajstić information content (AvgIpc) is 2.78. The highest BCUT2D eigenvalue weighted by Gasteiger charge is 2.42. The third-order valence-corrected chi connectivity index (χ3v) is 9.52. The van der Waals surface area contributed by atoms with Crippen LogP contribution in [0, 0.1) is 5.82 Å². The minimum Gasteiger partial charge on any atom is -0.363 e. The number of pyridine rings is 1. The van der Waals surface area contributed by atoms with Crippen LogP contribution in [0.3, 0.4) is 0 Å². The first-order valence-electron chi connectivity index (χ1n) is 11.2. The lowest BCUT2D eigenvalue weighted by Crippen LogP contribution is -2.41. The molecule has 3 heterocycles. The van der Waals surface area contributed by atoms with Crippen LogP contribution in [0.2, 0.25) is 0 Å². The summed E-state index contributed by atoms with van der Waals surface area (Å²) >= 11 is 0. The molecule has 0 saturated carbocycles. The predicted octanol–water partition coefficient (Wildman–Crippen LogP) is 4.65. The van der Waals surface area contributed by atoms with Gasteiger partial charge in [0.2, 0.25) is 0 Å². The van der Waals surface area contributed by atoms with Gasteiger partial charge in [0.25, 0.3) is 12.0 Å². The standard InChI is InChI=1S/C24H27F3N4O3S/c1-13(15-6-5-7-16(19(15)25)20(26)27)30-21-18-10-17(23(32)31(4)22(18)29-12-28-21)14-8-9-35(33,34)24(2,3)11-14/h5-7,10,12-14,20H,8-9,11H2,1-4H3,(H,28,29,30)/t13-,14?/m1/s1. The topological polar surface area (TPSA) is 94.0 Å². The molecule has 0 aliphatic carbocycles. The zero-order valence-electron chi connectivity index (χ0n) is 19.8. The fraction of sp³-hybridized carbons (Fsp3) is 0.458. The van der Waals surface area contributed by atoms with Crippen molar-refractivity contribution in [3.8, 4) is 0 Å². The molecule has 3 aromatic rings. The Labute approximate surface area is 201 Å². The van der Waals surface area contributed by atoms with E-state index in [1.54, 1.807) is 33.9 Å². The number of nitrogens with zero attached hydrogens (tertiary/aromatic N) is 3. The highest BCUT2D eigenvalue weighted by atomic mass is 32.2. The van der Waals surface area contributed by atoms with Crippen molar-refractivity contribution < 1.29 is 21.6 Å². The summed E-state index contributed by atoms with van der Waals surface area (Å²) in [6.07, 6.45) is -1.05. The second-order valence-corrected chi connectivity index (χ2v) is 12.4. The summed E-state index contributed by atoms with van der Waals surface area (Å²) in [6.45, 7) is 4.96. The Balaban J connectivity index is 1.77. The number of halogens is 3. The number of hydrogen-bond donors (Lipinski definition) is 1. The summed E-state index contributed by atoms with van der Waals surface area (Å²) in [6, 6.07) is 4.79. The van der Waals surface area contributed by atoms with Crippen molar-refractivity contribution in [2.45, 2.75) is 56.7 Å².